The molecule has 0 fully saturated rings. The van der Waals surface area contributed by atoms with Gasteiger partial charge in [0.1, 0.15) is 5.82 Å². The molecule has 23 heavy (non-hydrogen) atoms. The van der Waals surface area contributed by atoms with E-state index in [4.69, 9.17) is 12.2 Å². The van der Waals surface area contributed by atoms with Crippen LogP contribution in [0.3, 0.4) is 0 Å². The van der Waals surface area contributed by atoms with E-state index in [-0.39, 0.29) is 11.9 Å². The van der Waals surface area contributed by atoms with Crippen LogP contribution in [-0.2, 0) is 0 Å². The van der Waals surface area contributed by atoms with Crippen LogP contribution in [0.25, 0.3) is 0 Å². The highest BCUT2D eigenvalue weighted by Crippen LogP contribution is 2.25. The van der Waals surface area contributed by atoms with Gasteiger partial charge in [-0.1, -0.05) is 43.7 Å². The minimum atomic E-state index is -0.285. The Labute approximate surface area is 143 Å². The molecule has 0 aliphatic rings. The summed E-state index contributed by atoms with van der Waals surface area (Å²) >= 11 is 5.40. The van der Waals surface area contributed by atoms with Gasteiger partial charge in [-0.25, -0.2) is 4.39 Å². The summed E-state index contributed by atoms with van der Waals surface area (Å²) in [5, 5.41) is 6.90. The number of anilines is 1. The van der Waals surface area contributed by atoms with Crippen LogP contribution in [0.2, 0.25) is 0 Å². The van der Waals surface area contributed by atoms with Gasteiger partial charge in [-0.2, -0.15) is 0 Å². The molecule has 2 aromatic carbocycles. The molecule has 2 nitrogen and oxygen atoms in total. The zero-order valence-electron chi connectivity index (χ0n) is 14.0. The van der Waals surface area contributed by atoms with Crippen molar-refractivity contribution in [3.05, 3.63) is 65.0 Å². The Kier molecular flexibility index (Phi) is 5.72. The van der Waals surface area contributed by atoms with E-state index in [1.807, 2.05) is 0 Å². The van der Waals surface area contributed by atoms with Gasteiger partial charge in [0.2, 0.25) is 0 Å². The molecule has 0 aliphatic carbocycles. The van der Waals surface area contributed by atoms with Crippen LogP contribution in [-0.4, -0.2) is 5.11 Å². The molecule has 0 saturated carbocycles. The number of hydrogen-bond acceptors (Lipinski definition) is 1. The van der Waals surface area contributed by atoms with Gasteiger partial charge >= 0.3 is 0 Å². The molecule has 0 unspecified atom stereocenters. The fourth-order valence-corrected chi connectivity index (χ4v) is 2.90. The third-order valence-corrected chi connectivity index (χ3v) is 4.02. The summed E-state index contributed by atoms with van der Waals surface area (Å²) < 4.78 is 13.3. The average Bonchev–Trinajstić information content (AvgIpc) is 2.45. The van der Waals surface area contributed by atoms with E-state index in [1.165, 1.54) is 28.8 Å². The molecule has 1 atom stereocenters. The van der Waals surface area contributed by atoms with Crippen molar-refractivity contribution >= 4 is 23.0 Å². The lowest BCUT2D eigenvalue weighted by atomic mass is 9.92. The molecule has 0 radical (unpaired) electrons. The SMILES string of the molecule is Cc1ccc([C@@H](NC(=S)Nc2cccc(F)c2)C(C)C)c(C)c1. The Morgan fingerprint density at radius 2 is 1.83 bits per heavy atom. The second-order valence-corrected chi connectivity index (χ2v) is 6.60. The lowest BCUT2D eigenvalue weighted by molar-refractivity contribution is 0.471. The van der Waals surface area contributed by atoms with Gasteiger partial charge in [0.25, 0.3) is 0 Å². The average molecular weight is 330 g/mol. The van der Waals surface area contributed by atoms with E-state index < -0.39 is 0 Å². The molecule has 2 aromatic rings. The van der Waals surface area contributed by atoms with Crippen molar-refractivity contribution in [2.75, 3.05) is 5.32 Å². The Bertz CT molecular complexity index is 698. The van der Waals surface area contributed by atoms with Gasteiger partial charge in [0.15, 0.2) is 5.11 Å². The lowest BCUT2D eigenvalue weighted by Crippen LogP contribution is -2.35. The van der Waals surface area contributed by atoms with Crippen LogP contribution in [0.4, 0.5) is 10.1 Å². The Morgan fingerprint density at radius 1 is 1.09 bits per heavy atom. The minimum absolute atomic E-state index is 0.101. The van der Waals surface area contributed by atoms with E-state index >= 15 is 0 Å². The number of hydrogen-bond donors (Lipinski definition) is 2. The maximum absolute atomic E-state index is 13.3. The summed E-state index contributed by atoms with van der Waals surface area (Å²) in [6.07, 6.45) is 0. The maximum Gasteiger partial charge on any atom is 0.171 e. The first-order valence-corrected chi connectivity index (χ1v) is 8.18. The van der Waals surface area contributed by atoms with Crippen molar-refractivity contribution in [3.8, 4) is 0 Å². The topological polar surface area (TPSA) is 24.1 Å². The molecule has 0 saturated heterocycles. The van der Waals surface area contributed by atoms with Crippen molar-refractivity contribution < 1.29 is 4.39 Å². The number of aryl methyl sites for hydroxylation is 2. The van der Waals surface area contributed by atoms with Gasteiger partial charge in [-0.05, 0) is 61.3 Å². The summed E-state index contributed by atoms with van der Waals surface area (Å²) in [5.74, 6) is 0.0799. The number of rotatable bonds is 4. The standard InChI is InChI=1S/C19H23FN2S/c1-12(2)18(17-9-8-13(3)10-14(17)4)22-19(23)21-16-7-5-6-15(20)11-16/h5-12,18H,1-4H3,(H2,21,22,23)/t18-/m0/s1. The van der Waals surface area contributed by atoms with E-state index in [0.717, 1.165) is 0 Å². The number of benzene rings is 2. The normalized spacial score (nSPS) is 12.1. The Hall–Kier alpha value is -1.94. The smallest absolute Gasteiger partial charge is 0.171 e. The van der Waals surface area contributed by atoms with Gasteiger partial charge in [-0.3, -0.25) is 0 Å². The molecule has 0 aliphatic heterocycles. The Morgan fingerprint density at radius 3 is 2.43 bits per heavy atom. The predicted molar refractivity (Wildman–Crippen MR) is 99.3 cm³/mol. The molecule has 122 valence electrons. The first-order valence-electron chi connectivity index (χ1n) is 7.77. The first-order chi connectivity index (χ1) is 10.9. The predicted octanol–water partition coefficient (Wildman–Crippen LogP) is 5.13. The third-order valence-electron chi connectivity index (χ3n) is 3.80. The van der Waals surface area contributed by atoms with Gasteiger partial charge in [0, 0.05) is 5.69 Å². The summed E-state index contributed by atoms with van der Waals surface area (Å²) in [7, 11) is 0. The number of halogens is 1. The number of thiocarbonyl (C=S) groups is 1. The van der Waals surface area contributed by atoms with Crippen molar-refractivity contribution in [2.24, 2.45) is 5.92 Å². The molecule has 0 bridgehead atoms. The van der Waals surface area contributed by atoms with Crippen molar-refractivity contribution in [2.45, 2.75) is 33.7 Å². The minimum Gasteiger partial charge on any atom is -0.355 e. The first kappa shape index (κ1) is 17.4. The van der Waals surface area contributed by atoms with Crippen LogP contribution < -0.4 is 10.6 Å². The Balaban J connectivity index is 2.14. The molecule has 0 heterocycles. The summed E-state index contributed by atoms with van der Waals surface area (Å²) in [6, 6.07) is 12.8. The second kappa shape index (κ2) is 7.55. The zero-order chi connectivity index (χ0) is 17.0. The van der Waals surface area contributed by atoms with Crippen LogP contribution >= 0.6 is 12.2 Å². The van der Waals surface area contributed by atoms with Crippen LogP contribution in [0.15, 0.2) is 42.5 Å². The van der Waals surface area contributed by atoms with Crippen molar-refractivity contribution in [1.82, 2.24) is 5.32 Å². The monoisotopic (exact) mass is 330 g/mol. The van der Waals surface area contributed by atoms with Crippen LogP contribution in [0.5, 0.6) is 0 Å². The molecule has 2 rings (SSSR count). The van der Waals surface area contributed by atoms with Gasteiger partial charge in [-0.15, -0.1) is 0 Å². The fraction of sp³-hybridized carbons (Fsp3) is 0.316. The third kappa shape index (κ3) is 4.76. The molecule has 4 heteroatoms. The van der Waals surface area contributed by atoms with Crippen molar-refractivity contribution in [3.63, 3.8) is 0 Å². The largest absolute Gasteiger partial charge is 0.355 e. The molecule has 2 N–H and O–H groups in total. The van der Waals surface area contributed by atoms with E-state index in [1.54, 1.807) is 12.1 Å². The highest BCUT2D eigenvalue weighted by atomic mass is 32.1. The second-order valence-electron chi connectivity index (χ2n) is 6.19. The van der Waals surface area contributed by atoms with Gasteiger partial charge in [0.05, 0.1) is 6.04 Å². The quantitative estimate of drug-likeness (QED) is 0.760. The molecular formula is C19H23FN2S. The molecule has 0 spiro atoms. The van der Waals surface area contributed by atoms with E-state index in [0.29, 0.717) is 16.7 Å². The van der Waals surface area contributed by atoms with Crippen LogP contribution in [0, 0.1) is 25.6 Å². The van der Waals surface area contributed by atoms with Gasteiger partial charge < -0.3 is 10.6 Å². The lowest BCUT2D eigenvalue weighted by Gasteiger charge is -2.26. The van der Waals surface area contributed by atoms with Crippen molar-refractivity contribution in [1.29, 1.82) is 0 Å². The maximum atomic E-state index is 13.3. The highest BCUT2D eigenvalue weighted by molar-refractivity contribution is 7.80. The molecule has 0 aromatic heterocycles. The molecule has 0 amide bonds. The molecular weight excluding hydrogens is 307 g/mol. The van der Waals surface area contributed by atoms with Crippen LogP contribution in [0.1, 0.15) is 36.6 Å². The highest BCUT2D eigenvalue weighted by Gasteiger charge is 2.18. The summed E-state index contributed by atoms with van der Waals surface area (Å²) in [4.78, 5) is 0. The summed E-state index contributed by atoms with van der Waals surface area (Å²) in [5.41, 5.74) is 4.36. The fourth-order valence-electron chi connectivity index (χ4n) is 2.65. The van der Waals surface area contributed by atoms with E-state index in [9.17, 15) is 4.39 Å². The summed E-state index contributed by atoms with van der Waals surface area (Å²) in [6.45, 7) is 8.51. The zero-order valence-corrected chi connectivity index (χ0v) is 14.8. The number of nitrogens with one attached hydrogen (secondary N) is 2. The van der Waals surface area contributed by atoms with E-state index in [2.05, 4.69) is 56.5 Å².